The molecule has 0 saturated carbocycles. The highest BCUT2D eigenvalue weighted by Crippen LogP contribution is 2.26. The molecule has 8 heteroatoms. The van der Waals surface area contributed by atoms with Crippen molar-refractivity contribution in [2.45, 2.75) is 195 Å². The van der Waals surface area contributed by atoms with Crippen LogP contribution in [0.4, 0.5) is 0 Å². The fraction of sp³-hybridized carbons (Fsp3) is 0.889. The zero-order valence-corrected chi connectivity index (χ0v) is 29.6. The van der Waals surface area contributed by atoms with E-state index in [1.54, 1.807) is 0 Å². The Morgan fingerprint density at radius 1 is 0.500 bits per heavy atom. The van der Waals surface area contributed by atoms with E-state index in [4.69, 9.17) is 19.6 Å². The van der Waals surface area contributed by atoms with Crippen LogP contribution in [0, 0.1) is 11.8 Å². The molecule has 0 bridgehead atoms. The first-order valence-electron chi connectivity index (χ1n) is 17.6. The van der Waals surface area contributed by atoms with Gasteiger partial charge in [-0.2, -0.15) is 9.78 Å². The minimum atomic E-state index is -0.745. The topological polar surface area (TPSA) is 105 Å². The largest absolute Gasteiger partial charge is 0.342 e. The number of carbonyl (C=O) groups excluding carboxylic acids is 4. The van der Waals surface area contributed by atoms with Crippen molar-refractivity contribution in [3.05, 3.63) is 0 Å². The van der Waals surface area contributed by atoms with E-state index in [2.05, 4.69) is 27.7 Å². The van der Waals surface area contributed by atoms with Gasteiger partial charge in [-0.15, -0.1) is 0 Å². The van der Waals surface area contributed by atoms with E-state index >= 15 is 0 Å². The summed E-state index contributed by atoms with van der Waals surface area (Å²) in [5.74, 6) is 0.190. The third kappa shape index (κ3) is 21.8. The summed E-state index contributed by atoms with van der Waals surface area (Å²) in [7, 11) is 0. The molecule has 44 heavy (non-hydrogen) atoms. The van der Waals surface area contributed by atoms with Gasteiger partial charge in [0.25, 0.3) is 0 Å². The standard InChI is InChI=1S/C36H66O8/c1-9-13-21-29(11-3)31(37)23-17-15-19-25-33(39)41-43-35(5,6)27-28-36(7,8)44-42-34(40)26-20-16-18-24-32(38)30(12-4)22-14-10-2/h29-30H,9-28H2,1-8H3. The van der Waals surface area contributed by atoms with Crippen LogP contribution in [0.2, 0.25) is 0 Å². The monoisotopic (exact) mass is 626 g/mol. The van der Waals surface area contributed by atoms with Gasteiger partial charge < -0.3 is 0 Å². The number of carbonyl (C=O) groups is 4. The summed E-state index contributed by atoms with van der Waals surface area (Å²) in [5.41, 5.74) is -1.49. The molecule has 2 atom stereocenters. The third-order valence-corrected chi connectivity index (χ3v) is 8.37. The molecular weight excluding hydrogens is 560 g/mol. The van der Waals surface area contributed by atoms with E-state index in [-0.39, 0.29) is 24.7 Å². The minimum absolute atomic E-state index is 0.172. The smallest absolute Gasteiger partial charge is 0.299 e. The lowest BCUT2D eigenvalue weighted by Gasteiger charge is -2.28. The van der Waals surface area contributed by atoms with Crippen LogP contribution < -0.4 is 0 Å². The molecule has 0 aliphatic rings. The van der Waals surface area contributed by atoms with Gasteiger partial charge in [0.15, 0.2) is 0 Å². The van der Waals surface area contributed by atoms with Crippen molar-refractivity contribution >= 4 is 23.5 Å². The molecule has 0 amide bonds. The zero-order valence-electron chi connectivity index (χ0n) is 29.6. The summed E-state index contributed by atoms with van der Waals surface area (Å²) in [6, 6.07) is 0. The Morgan fingerprint density at radius 2 is 0.841 bits per heavy atom. The molecule has 0 spiro atoms. The van der Waals surface area contributed by atoms with Crippen LogP contribution in [0.25, 0.3) is 0 Å². The van der Waals surface area contributed by atoms with E-state index in [9.17, 15) is 19.2 Å². The molecule has 0 rings (SSSR count). The Kier molecular flexibility index (Phi) is 23.4. The van der Waals surface area contributed by atoms with Crippen LogP contribution in [0.5, 0.6) is 0 Å². The predicted octanol–water partition coefficient (Wildman–Crippen LogP) is 9.75. The number of hydrogen-bond donors (Lipinski definition) is 0. The maximum absolute atomic E-state index is 12.4. The molecule has 0 aromatic rings. The molecule has 0 aromatic carbocycles. The summed E-state index contributed by atoms with van der Waals surface area (Å²) >= 11 is 0. The van der Waals surface area contributed by atoms with Crippen LogP contribution >= 0.6 is 0 Å². The molecule has 0 aliphatic carbocycles. The molecule has 0 saturated heterocycles. The number of unbranched alkanes of at least 4 members (excludes halogenated alkanes) is 6. The van der Waals surface area contributed by atoms with Gasteiger partial charge in [-0.25, -0.2) is 9.59 Å². The Labute approximate surface area is 268 Å². The van der Waals surface area contributed by atoms with Crippen molar-refractivity contribution < 1.29 is 38.7 Å². The summed E-state index contributed by atoms with van der Waals surface area (Å²) in [5, 5.41) is 0. The summed E-state index contributed by atoms with van der Waals surface area (Å²) in [6.45, 7) is 15.7. The lowest BCUT2D eigenvalue weighted by atomic mass is 9.92. The molecule has 8 nitrogen and oxygen atoms in total. The van der Waals surface area contributed by atoms with Crippen molar-refractivity contribution in [3.63, 3.8) is 0 Å². The summed E-state index contributed by atoms with van der Waals surface area (Å²) in [6.07, 6.45) is 15.3. The maximum Gasteiger partial charge on any atom is 0.342 e. The Balaban J connectivity index is 4.13. The van der Waals surface area contributed by atoms with Crippen LogP contribution in [0.1, 0.15) is 184 Å². The van der Waals surface area contributed by atoms with Gasteiger partial charge >= 0.3 is 11.9 Å². The second kappa shape index (κ2) is 24.4. The van der Waals surface area contributed by atoms with Crippen molar-refractivity contribution in [3.8, 4) is 0 Å². The normalized spacial score (nSPS) is 13.4. The van der Waals surface area contributed by atoms with Gasteiger partial charge in [0.2, 0.25) is 0 Å². The average molecular weight is 627 g/mol. The highest BCUT2D eigenvalue weighted by atomic mass is 17.2. The number of rotatable bonds is 29. The second-order valence-electron chi connectivity index (χ2n) is 13.6. The Hall–Kier alpha value is -1.80. The predicted molar refractivity (Wildman–Crippen MR) is 175 cm³/mol. The summed E-state index contributed by atoms with van der Waals surface area (Å²) < 4.78 is 0. The number of Topliss-reactive ketones (excluding diaryl/α,β-unsaturated/α-hetero) is 2. The third-order valence-electron chi connectivity index (χ3n) is 8.37. The quantitative estimate of drug-likeness (QED) is 0.0459. The first-order chi connectivity index (χ1) is 20.8. The van der Waals surface area contributed by atoms with Gasteiger partial charge in [0.1, 0.15) is 22.8 Å². The first kappa shape index (κ1) is 42.2. The van der Waals surface area contributed by atoms with Crippen molar-refractivity contribution in [2.75, 3.05) is 0 Å². The average Bonchev–Trinajstić information content (AvgIpc) is 2.98. The van der Waals surface area contributed by atoms with Crippen molar-refractivity contribution in [1.29, 1.82) is 0 Å². The van der Waals surface area contributed by atoms with Crippen LogP contribution in [0.3, 0.4) is 0 Å². The first-order valence-corrected chi connectivity index (χ1v) is 17.6. The van der Waals surface area contributed by atoms with E-state index in [1.165, 1.54) is 0 Å². The molecule has 0 aliphatic heterocycles. The van der Waals surface area contributed by atoms with Crippen LogP contribution in [-0.2, 0) is 38.7 Å². The highest BCUT2D eigenvalue weighted by molar-refractivity contribution is 5.81. The number of hydrogen-bond acceptors (Lipinski definition) is 8. The van der Waals surface area contributed by atoms with Crippen molar-refractivity contribution in [2.24, 2.45) is 11.8 Å². The Bertz CT molecular complexity index is 738. The summed E-state index contributed by atoms with van der Waals surface area (Å²) in [4.78, 5) is 70.1. The van der Waals surface area contributed by atoms with E-state index in [0.29, 0.717) is 50.1 Å². The maximum atomic E-state index is 12.4. The van der Waals surface area contributed by atoms with E-state index in [1.807, 2.05) is 27.7 Å². The minimum Gasteiger partial charge on any atom is -0.299 e. The lowest BCUT2D eigenvalue weighted by Crippen LogP contribution is -2.32. The Morgan fingerprint density at radius 3 is 1.16 bits per heavy atom. The molecule has 0 heterocycles. The molecule has 258 valence electrons. The molecule has 2 unspecified atom stereocenters. The fourth-order valence-electron chi connectivity index (χ4n) is 5.07. The van der Waals surface area contributed by atoms with Gasteiger partial charge in [-0.3, -0.25) is 19.4 Å². The fourth-order valence-corrected chi connectivity index (χ4v) is 5.07. The van der Waals surface area contributed by atoms with Crippen LogP contribution in [0.15, 0.2) is 0 Å². The molecule has 0 aromatic heterocycles. The highest BCUT2D eigenvalue weighted by Gasteiger charge is 2.29. The molecule has 0 fully saturated rings. The molecular formula is C36H66O8. The zero-order chi connectivity index (χ0) is 33.4. The SMILES string of the molecule is CCCCC(CC)C(=O)CCCCCC(=O)OOC(C)(C)CCC(C)(C)OOC(=O)CCCCCC(=O)C(CC)CCCC. The van der Waals surface area contributed by atoms with Gasteiger partial charge in [-0.1, -0.05) is 66.2 Å². The molecule has 0 N–H and O–H groups in total. The van der Waals surface area contributed by atoms with E-state index in [0.717, 1.165) is 77.0 Å². The van der Waals surface area contributed by atoms with Gasteiger partial charge in [-0.05, 0) is 91.9 Å². The van der Waals surface area contributed by atoms with E-state index < -0.39 is 23.1 Å². The van der Waals surface area contributed by atoms with Gasteiger partial charge in [0.05, 0.1) is 0 Å². The lowest BCUT2D eigenvalue weighted by molar-refractivity contribution is -0.340. The van der Waals surface area contributed by atoms with Crippen LogP contribution in [-0.4, -0.2) is 34.7 Å². The second-order valence-corrected chi connectivity index (χ2v) is 13.6. The molecule has 0 radical (unpaired) electrons. The van der Waals surface area contributed by atoms with Crippen molar-refractivity contribution in [1.82, 2.24) is 0 Å². The number of ketones is 2. The van der Waals surface area contributed by atoms with Gasteiger partial charge in [0, 0.05) is 37.5 Å².